The van der Waals surface area contributed by atoms with Gasteiger partial charge in [0, 0.05) is 26.1 Å². The Hall–Kier alpha value is -1.29. The number of hydrogen-bond acceptors (Lipinski definition) is 5. The molecule has 0 spiro atoms. The van der Waals surface area contributed by atoms with Crippen LogP contribution in [0.1, 0.15) is 45.8 Å². The average molecular weight is 493 g/mol. The molecule has 1 fully saturated rings. The SMILES string of the molecule is CC(C)(C)OC(=O)CCNC(=NCC1CCCO1)NCCc1ccco1.I. The third-order valence-corrected chi connectivity index (χ3v) is 3.76. The first-order valence-electron chi connectivity index (χ1n) is 9.30. The van der Waals surface area contributed by atoms with E-state index >= 15 is 0 Å². The van der Waals surface area contributed by atoms with Crippen molar-refractivity contribution in [2.45, 2.75) is 58.2 Å². The van der Waals surface area contributed by atoms with Crippen LogP contribution in [0.3, 0.4) is 0 Å². The average Bonchev–Trinajstić information content (AvgIpc) is 3.24. The minimum atomic E-state index is -0.463. The Morgan fingerprint density at radius 1 is 1.33 bits per heavy atom. The molecule has 0 amide bonds. The molecule has 0 saturated carbocycles. The summed E-state index contributed by atoms with van der Waals surface area (Å²) in [6, 6.07) is 3.82. The van der Waals surface area contributed by atoms with Crippen molar-refractivity contribution < 1.29 is 18.7 Å². The van der Waals surface area contributed by atoms with E-state index in [1.54, 1.807) is 6.26 Å². The van der Waals surface area contributed by atoms with Gasteiger partial charge in [-0.1, -0.05) is 0 Å². The fraction of sp³-hybridized carbons (Fsp3) is 0.684. The maximum absolute atomic E-state index is 11.8. The van der Waals surface area contributed by atoms with Crippen molar-refractivity contribution in [1.82, 2.24) is 10.6 Å². The summed E-state index contributed by atoms with van der Waals surface area (Å²) in [5.74, 6) is 1.37. The number of esters is 1. The number of halogens is 1. The highest BCUT2D eigenvalue weighted by Gasteiger charge is 2.17. The van der Waals surface area contributed by atoms with E-state index < -0.39 is 5.60 Å². The van der Waals surface area contributed by atoms with Gasteiger partial charge in [0.1, 0.15) is 11.4 Å². The molecule has 1 saturated heterocycles. The summed E-state index contributed by atoms with van der Waals surface area (Å²) in [6.45, 7) is 8.18. The van der Waals surface area contributed by atoms with Gasteiger partial charge < -0.3 is 24.5 Å². The monoisotopic (exact) mass is 493 g/mol. The number of guanidine groups is 1. The lowest BCUT2D eigenvalue weighted by Gasteiger charge is -2.20. The van der Waals surface area contributed by atoms with E-state index in [2.05, 4.69) is 15.6 Å². The zero-order valence-electron chi connectivity index (χ0n) is 16.5. The maximum Gasteiger partial charge on any atom is 0.308 e. The third-order valence-electron chi connectivity index (χ3n) is 3.76. The Bertz CT molecular complexity index is 564. The zero-order valence-corrected chi connectivity index (χ0v) is 18.8. The number of ether oxygens (including phenoxy) is 2. The number of aliphatic imine (C=N–C) groups is 1. The van der Waals surface area contributed by atoms with Gasteiger partial charge in [0.15, 0.2) is 5.96 Å². The fourth-order valence-electron chi connectivity index (χ4n) is 2.59. The third kappa shape index (κ3) is 10.6. The second kappa shape index (κ2) is 12.2. The van der Waals surface area contributed by atoms with Crippen LogP contribution in [0.25, 0.3) is 0 Å². The first kappa shape index (κ1) is 23.7. The van der Waals surface area contributed by atoms with Crippen LogP contribution >= 0.6 is 24.0 Å². The number of nitrogens with zero attached hydrogens (tertiary/aromatic N) is 1. The normalized spacial score (nSPS) is 17.3. The maximum atomic E-state index is 11.8. The van der Waals surface area contributed by atoms with Crippen LogP contribution < -0.4 is 10.6 Å². The van der Waals surface area contributed by atoms with E-state index in [1.807, 2.05) is 32.9 Å². The molecule has 1 aliphatic rings. The summed E-state index contributed by atoms with van der Waals surface area (Å²) in [7, 11) is 0. The van der Waals surface area contributed by atoms with E-state index in [1.165, 1.54) is 0 Å². The quantitative estimate of drug-likeness (QED) is 0.251. The molecule has 1 atom stereocenters. The summed E-state index contributed by atoms with van der Waals surface area (Å²) < 4.78 is 16.3. The molecule has 7 nitrogen and oxygen atoms in total. The Morgan fingerprint density at radius 2 is 2.11 bits per heavy atom. The second-order valence-electron chi connectivity index (χ2n) is 7.34. The van der Waals surface area contributed by atoms with Crippen molar-refractivity contribution in [1.29, 1.82) is 0 Å². The van der Waals surface area contributed by atoms with Gasteiger partial charge in [-0.3, -0.25) is 9.79 Å². The topological polar surface area (TPSA) is 85.1 Å². The van der Waals surface area contributed by atoms with Crippen molar-refractivity contribution in [3.8, 4) is 0 Å². The lowest BCUT2D eigenvalue weighted by molar-refractivity contribution is -0.154. The van der Waals surface area contributed by atoms with Gasteiger partial charge in [-0.2, -0.15) is 0 Å². The minimum absolute atomic E-state index is 0. The molecule has 1 aliphatic heterocycles. The lowest BCUT2D eigenvalue weighted by atomic mass is 10.2. The van der Waals surface area contributed by atoms with Gasteiger partial charge in [-0.15, -0.1) is 24.0 Å². The molecule has 0 radical (unpaired) electrons. The van der Waals surface area contributed by atoms with Crippen LogP contribution in [0.15, 0.2) is 27.8 Å². The number of carbonyl (C=O) groups is 1. The van der Waals surface area contributed by atoms with Crippen LogP contribution in [0.5, 0.6) is 0 Å². The molecular formula is C19H32IN3O4. The molecule has 8 heteroatoms. The zero-order chi connectivity index (χ0) is 18.8. The number of nitrogens with one attached hydrogen (secondary N) is 2. The Kier molecular flexibility index (Phi) is 10.8. The van der Waals surface area contributed by atoms with E-state index in [0.29, 0.717) is 25.6 Å². The van der Waals surface area contributed by atoms with E-state index in [9.17, 15) is 4.79 Å². The van der Waals surface area contributed by atoms with Crippen LogP contribution in [-0.4, -0.2) is 49.9 Å². The molecule has 0 bridgehead atoms. The van der Waals surface area contributed by atoms with Gasteiger partial charge >= 0.3 is 5.97 Å². The standard InChI is InChI=1S/C19H31N3O4.HI/c1-19(2,3)26-17(23)9-11-21-18(22-14-16-7-5-13-25-16)20-10-8-15-6-4-12-24-15;/h4,6,12,16H,5,7-11,13-14H2,1-3H3,(H2,20,21,22);1H. The van der Waals surface area contributed by atoms with Crippen LogP contribution in [-0.2, 0) is 20.7 Å². The fourth-order valence-corrected chi connectivity index (χ4v) is 2.59. The van der Waals surface area contributed by atoms with Crippen molar-refractivity contribution in [3.63, 3.8) is 0 Å². The highest BCUT2D eigenvalue weighted by Crippen LogP contribution is 2.11. The Morgan fingerprint density at radius 3 is 2.74 bits per heavy atom. The molecule has 2 heterocycles. The molecule has 27 heavy (non-hydrogen) atoms. The largest absolute Gasteiger partial charge is 0.469 e. The van der Waals surface area contributed by atoms with Crippen molar-refractivity contribution in [2.24, 2.45) is 4.99 Å². The summed E-state index contributed by atoms with van der Waals surface area (Å²) in [6.07, 6.45) is 5.04. The van der Waals surface area contributed by atoms with Crippen molar-refractivity contribution in [2.75, 3.05) is 26.2 Å². The molecule has 1 unspecified atom stereocenters. The summed E-state index contributed by atoms with van der Waals surface area (Å²) in [4.78, 5) is 16.4. The summed E-state index contributed by atoms with van der Waals surface area (Å²) in [5, 5.41) is 6.47. The lowest BCUT2D eigenvalue weighted by Crippen LogP contribution is -2.40. The number of carbonyl (C=O) groups excluding carboxylic acids is 1. The highest BCUT2D eigenvalue weighted by atomic mass is 127. The Balaban J connectivity index is 0.00000364. The number of rotatable bonds is 8. The second-order valence-corrected chi connectivity index (χ2v) is 7.34. The molecule has 2 N–H and O–H groups in total. The first-order chi connectivity index (χ1) is 12.4. The summed E-state index contributed by atoms with van der Waals surface area (Å²) in [5.41, 5.74) is -0.463. The Labute approximate surface area is 178 Å². The van der Waals surface area contributed by atoms with Crippen molar-refractivity contribution in [3.05, 3.63) is 24.2 Å². The molecule has 154 valence electrons. The minimum Gasteiger partial charge on any atom is -0.469 e. The molecular weight excluding hydrogens is 461 g/mol. The van der Waals surface area contributed by atoms with Gasteiger partial charge in [0.2, 0.25) is 0 Å². The number of furan rings is 1. The van der Waals surface area contributed by atoms with Crippen LogP contribution in [0.2, 0.25) is 0 Å². The van der Waals surface area contributed by atoms with E-state index in [4.69, 9.17) is 13.9 Å². The first-order valence-corrected chi connectivity index (χ1v) is 9.30. The smallest absolute Gasteiger partial charge is 0.308 e. The van der Waals surface area contributed by atoms with Crippen molar-refractivity contribution >= 4 is 35.9 Å². The van der Waals surface area contributed by atoms with E-state index in [0.717, 1.165) is 31.6 Å². The van der Waals surface area contributed by atoms with Crippen LogP contribution in [0.4, 0.5) is 0 Å². The van der Waals surface area contributed by atoms with Gasteiger partial charge in [0.05, 0.1) is 25.3 Å². The number of hydrogen-bond donors (Lipinski definition) is 2. The molecule has 2 rings (SSSR count). The predicted octanol–water partition coefficient (Wildman–Crippen LogP) is 2.89. The predicted molar refractivity (Wildman–Crippen MR) is 116 cm³/mol. The summed E-state index contributed by atoms with van der Waals surface area (Å²) >= 11 is 0. The van der Waals surface area contributed by atoms with Crippen LogP contribution in [0, 0.1) is 0 Å². The molecule has 1 aromatic heterocycles. The van der Waals surface area contributed by atoms with Gasteiger partial charge in [0.25, 0.3) is 0 Å². The molecule has 1 aromatic rings. The van der Waals surface area contributed by atoms with Gasteiger partial charge in [-0.05, 0) is 45.7 Å². The van der Waals surface area contributed by atoms with E-state index in [-0.39, 0.29) is 42.5 Å². The van der Waals surface area contributed by atoms with Gasteiger partial charge in [-0.25, -0.2) is 0 Å². The highest BCUT2D eigenvalue weighted by molar-refractivity contribution is 14.0. The molecule has 0 aliphatic carbocycles. The molecule has 0 aromatic carbocycles.